The van der Waals surface area contributed by atoms with Crippen molar-refractivity contribution >= 4 is 9.84 Å². The van der Waals surface area contributed by atoms with E-state index in [2.05, 4.69) is 0 Å². The molecule has 1 aromatic rings. The zero-order valence-corrected chi connectivity index (χ0v) is 14.6. The lowest BCUT2D eigenvalue weighted by Crippen LogP contribution is -2.39. The van der Waals surface area contributed by atoms with Crippen molar-refractivity contribution in [2.45, 2.75) is 50.2 Å². The van der Waals surface area contributed by atoms with Crippen LogP contribution in [0.1, 0.15) is 50.2 Å². The average molecular weight is 336 g/mol. The summed E-state index contributed by atoms with van der Waals surface area (Å²) in [7, 11) is -1.67. The predicted molar refractivity (Wildman–Crippen MR) is 90.2 cm³/mol. The summed E-state index contributed by atoms with van der Waals surface area (Å²) >= 11 is 0. The molecule has 0 radical (unpaired) electrons. The van der Waals surface area contributed by atoms with Gasteiger partial charge < -0.3 is 9.47 Å². The molecule has 23 heavy (non-hydrogen) atoms. The maximum Gasteiger partial charge on any atom is 0.174 e. The van der Waals surface area contributed by atoms with Crippen molar-refractivity contribution in [2.24, 2.45) is 0 Å². The molecule has 1 aromatic carbocycles. The Hall–Kier alpha value is -1.33. The van der Waals surface area contributed by atoms with E-state index in [1.165, 1.54) is 12.7 Å². The van der Waals surface area contributed by atoms with E-state index in [1.54, 1.807) is 7.11 Å². The molecule has 1 fully saturated rings. The highest BCUT2D eigenvalue weighted by molar-refractivity contribution is 7.94. The van der Waals surface area contributed by atoms with E-state index in [0.29, 0.717) is 11.3 Å². The van der Waals surface area contributed by atoms with E-state index in [0.717, 1.165) is 37.0 Å². The minimum Gasteiger partial charge on any atom is -0.497 e. The Labute approximate surface area is 138 Å². The van der Waals surface area contributed by atoms with Crippen LogP contribution in [0.2, 0.25) is 0 Å². The summed E-state index contributed by atoms with van der Waals surface area (Å²) in [6, 6.07) is 7.48. The maximum atomic E-state index is 12.2. The molecule has 1 aliphatic carbocycles. The van der Waals surface area contributed by atoms with Crippen LogP contribution in [0, 0.1) is 0 Å². The Morgan fingerprint density at radius 2 is 1.78 bits per heavy atom. The van der Waals surface area contributed by atoms with E-state index in [-0.39, 0.29) is 5.60 Å². The molecule has 0 amide bonds. The lowest BCUT2D eigenvalue weighted by Gasteiger charge is -2.43. The largest absolute Gasteiger partial charge is 0.497 e. The molecule has 0 N–H and O–H groups in total. The minimum atomic E-state index is -3.29. The number of benzene rings is 1. The standard InChI is InChI=1S/C18H24O4S/c1-21-15-8-6-14(7-9-15)17-16(23(2,19)20)10-13-18(22-17)11-4-3-5-12-18/h6-10,17H,3-5,11-13H2,1-2H3. The van der Waals surface area contributed by atoms with Gasteiger partial charge in [-0.25, -0.2) is 8.42 Å². The first kappa shape index (κ1) is 16.5. The van der Waals surface area contributed by atoms with Gasteiger partial charge >= 0.3 is 0 Å². The molecule has 3 rings (SSSR count). The van der Waals surface area contributed by atoms with Crippen LogP contribution in [0.5, 0.6) is 5.75 Å². The normalized spacial score (nSPS) is 24.3. The van der Waals surface area contributed by atoms with Crippen LogP contribution in [0.15, 0.2) is 35.2 Å². The smallest absolute Gasteiger partial charge is 0.174 e. The van der Waals surface area contributed by atoms with E-state index in [4.69, 9.17) is 9.47 Å². The van der Waals surface area contributed by atoms with Crippen molar-refractivity contribution in [2.75, 3.05) is 13.4 Å². The van der Waals surface area contributed by atoms with Gasteiger partial charge in [-0.2, -0.15) is 0 Å². The van der Waals surface area contributed by atoms with Crippen molar-refractivity contribution in [3.05, 3.63) is 40.8 Å². The monoisotopic (exact) mass is 336 g/mol. The summed E-state index contributed by atoms with van der Waals surface area (Å²) in [4.78, 5) is 0.388. The number of hydrogen-bond acceptors (Lipinski definition) is 4. The van der Waals surface area contributed by atoms with Crippen molar-refractivity contribution in [1.82, 2.24) is 0 Å². The van der Waals surface area contributed by atoms with E-state index in [1.807, 2.05) is 30.3 Å². The Bertz CT molecular complexity index is 682. The van der Waals surface area contributed by atoms with Gasteiger partial charge in [0.15, 0.2) is 9.84 Å². The zero-order valence-electron chi connectivity index (χ0n) is 13.7. The molecule has 1 heterocycles. The highest BCUT2D eigenvalue weighted by Gasteiger charge is 2.41. The molecule has 5 heteroatoms. The summed E-state index contributed by atoms with van der Waals surface area (Å²) in [5.41, 5.74) is 0.670. The summed E-state index contributed by atoms with van der Waals surface area (Å²) in [5, 5.41) is 0. The van der Waals surface area contributed by atoms with Gasteiger partial charge in [0.1, 0.15) is 11.9 Å². The summed E-state index contributed by atoms with van der Waals surface area (Å²) < 4.78 is 36.0. The van der Waals surface area contributed by atoms with Crippen LogP contribution >= 0.6 is 0 Å². The van der Waals surface area contributed by atoms with Gasteiger partial charge in [0.05, 0.1) is 17.6 Å². The number of methoxy groups -OCH3 is 1. The van der Waals surface area contributed by atoms with Crippen LogP contribution < -0.4 is 4.74 Å². The third kappa shape index (κ3) is 3.45. The quantitative estimate of drug-likeness (QED) is 0.843. The van der Waals surface area contributed by atoms with E-state index >= 15 is 0 Å². The molecule has 1 atom stereocenters. The van der Waals surface area contributed by atoms with Gasteiger partial charge in [0.2, 0.25) is 0 Å². The summed E-state index contributed by atoms with van der Waals surface area (Å²) in [6.07, 6.45) is 8.89. The lowest BCUT2D eigenvalue weighted by molar-refractivity contribution is -0.107. The third-order valence-corrected chi connectivity index (χ3v) is 6.15. The van der Waals surface area contributed by atoms with Crippen LogP contribution in [-0.2, 0) is 14.6 Å². The van der Waals surface area contributed by atoms with Gasteiger partial charge in [0.25, 0.3) is 0 Å². The zero-order chi connectivity index (χ0) is 16.5. The molecule has 0 saturated heterocycles. The van der Waals surface area contributed by atoms with Crippen molar-refractivity contribution in [1.29, 1.82) is 0 Å². The SMILES string of the molecule is COc1ccc(C2OC3(CC=C2S(C)(=O)=O)CCCCC3)cc1. The van der Waals surface area contributed by atoms with Crippen LogP contribution in [-0.4, -0.2) is 27.4 Å². The topological polar surface area (TPSA) is 52.6 Å². The van der Waals surface area contributed by atoms with Gasteiger partial charge in [-0.1, -0.05) is 37.5 Å². The molecule has 0 aromatic heterocycles. The average Bonchev–Trinajstić information content (AvgIpc) is 2.54. The number of rotatable bonds is 3. The fourth-order valence-corrected chi connectivity index (χ4v) is 4.58. The highest BCUT2D eigenvalue weighted by Crippen LogP contribution is 2.46. The van der Waals surface area contributed by atoms with Crippen LogP contribution in [0.25, 0.3) is 0 Å². The van der Waals surface area contributed by atoms with Crippen LogP contribution in [0.3, 0.4) is 0 Å². The highest BCUT2D eigenvalue weighted by atomic mass is 32.2. The second kappa shape index (κ2) is 6.29. The first-order chi connectivity index (χ1) is 10.9. The molecular formula is C18H24O4S. The van der Waals surface area contributed by atoms with Crippen molar-refractivity contribution in [3.63, 3.8) is 0 Å². The number of sulfone groups is 1. The molecule has 0 bridgehead atoms. The Balaban J connectivity index is 1.97. The fourth-order valence-electron chi connectivity index (χ4n) is 3.62. The number of hydrogen-bond donors (Lipinski definition) is 0. The predicted octanol–water partition coefficient (Wildman–Crippen LogP) is 3.79. The first-order valence-electron chi connectivity index (χ1n) is 8.15. The molecule has 1 unspecified atom stereocenters. The Morgan fingerprint density at radius 1 is 1.13 bits per heavy atom. The lowest BCUT2D eigenvalue weighted by atomic mass is 9.80. The second-order valence-electron chi connectivity index (χ2n) is 6.60. The van der Waals surface area contributed by atoms with E-state index in [9.17, 15) is 8.42 Å². The first-order valence-corrected chi connectivity index (χ1v) is 10.0. The molecule has 126 valence electrons. The van der Waals surface area contributed by atoms with Gasteiger partial charge in [-0.15, -0.1) is 0 Å². The number of ether oxygens (including phenoxy) is 2. The second-order valence-corrected chi connectivity index (χ2v) is 8.61. The van der Waals surface area contributed by atoms with Crippen molar-refractivity contribution < 1.29 is 17.9 Å². The fraction of sp³-hybridized carbons (Fsp3) is 0.556. The minimum absolute atomic E-state index is 0.197. The summed E-state index contributed by atoms with van der Waals surface area (Å²) in [6.45, 7) is 0. The molecule has 4 nitrogen and oxygen atoms in total. The Morgan fingerprint density at radius 3 is 2.35 bits per heavy atom. The third-order valence-electron chi connectivity index (χ3n) is 4.91. The molecule has 2 aliphatic rings. The van der Waals surface area contributed by atoms with Crippen LogP contribution in [0.4, 0.5) is 0 Å². The van der Waals surface area contributed by atoms with Gasteiger partial charge in [-0.05, 0) is 37.0 Å². The van der Waals surface area contributed by atoms with Crippen molar-refractivity contribution in [3.8, 4) is 5.75 Å². The molecule has 1 spiro atoms. The molecule has 1 saturated carbocycles. The van der Waals surface area contributed by atoms with E-state index < -0.39 is 15.9 Å². The van der Waals surface area contributed by atoms with Gasteiger partial charge in [-0.3, -0.25) is 0 Å². The summed E-state index contributed by atoms with van der Waals surface area (Å²) in [5.74, 6) is 0.752. The Kier molecular flexibility index (Phi) is 4.52. The maximum absolute atomic E-state index is 12.2. The molecule has 1 aliphatic heterocycles. The van der Waals surface area contributed by atoms with Gasteiger partial charge in [0, 0.05) is 6.26 Å². The molecular weight excluding hydrogens is 312 g/mol.